The second-order valence-electron chi connectivity index (χ2n) is 6.05. The average Bonchev–Trinajstić information content (AvgIpc) is 3.42. The van der Waals surface area contributed by atoms with Crippen LogP contribution in [0.25, 0.3) is 22.4 Å². The van der Waals surface area contributed by atoms with Gasteiger partial charge in [-0.15, -0.1) is 0 Å². The Kier molecular flexibility index (Phi) is 3.40. The zero-order valence-corrected chi connectivity index (χ0v) is 13.6. The molecule has 0 saturated carbocycles. The SMILES string of the molecule is c1cc(-n2cccc2)cc(-n2cnc3cc(C4OCCO4)ccc32)c1. The Balaban J connectivity index is 1.56. The number of rotatable bonds is 3. The van der Waals surface area contributed by atoms with E-state index in [1.807, 2.05) is 43.0 Å². The Hall–Kier alpha value is -2.89. The van der Waals surface area contributed by atoms with Crippen LogP contribution in [0, 0.1) is 0 Å². The van der Waals surface area contributed by atoms with Gasteiger partial charge in [0, 0.05) is 29.3 Å². The molecule has 5 heteroatoms. The molecule has 0 bridgehead atoms. The van der Waals surface area contributed by atoms with E-state index in [9.17, 15) is 0 Å². The van der Waals surface area contributed by atoms with E-state index in [1.54, 1.807) is 0 Å². The molecule has 5 nitrogen and oxygen atoms in total. The first-order valence-electron chi connectivity index (χ1n) is 8.32. The molecule has 5 rings (SSSR count). The van der Waals surface area contributed by atoms with Crippen molar-refractivity contribution in [2.45, 2.75) is 6.29 Å². The summed E-state index contributed by atoms with van der Waals surface area (Å²) in [6, 6.07) is 18.6. The van der Waals surface area contributed by atoms with Gasteiger partial charge in [0.15, 0.2) is 6.29 Å². The molecule has 25 heavy (non-hydrogen) atoms. The van der Waals surface area contributed by atoms with Crippen molar-refractivity contribution in [3.05, 3.63) is 78.9 Å². The van der Waals surface area contributed by atoms with Crippen LogP contribution in [0.15, 0.2) is 73.3 Å². The first-order chi connectivity index (χ1) is 12.4. The van der Waals surface area contributed by atoms with Gasteiger partial charge in [-0.3, -0.25) is 4.57 Å². The van der Waals surface area contributed by atoms with E-state index in [4.69, 9.17) is 9.47 Å². The van der Waals surface area contributed by atoms with Gasteiger partial charge < -0.3 is 14.0 Å². The molecule has 1 aliphatic heterocycles. The van der Waals surface area contributed by atoms with Gasteiger partial charge in [-0.1, -0.05) is 12.1 Å². The summed E-state index contributed by atoms with van der Waals surface area (Å²) in [5, 5.41) is 0. The predicted octanol–water partition coefficient (Wildman–Crippen LogP) is 3.86. The van der Waals surface area contributed by atoms with Crippen LogP contribution in [0.3, 0.4) is 0 Å². The molecule has 0 aliphatic carbocycles. The van der Waals surface area contributed by atoms with E-state index in [2.05, 4.69) is 44.5 Å². The number of nitrogens with zero attached hydrogens (tertiary/aromatic N) is 3. The highest BCUT2D eigenvalue weighted by Crippen LogP contribution is 2.27. The summed E-state index contributed by atoms with van der Waals surface area (Å²) in [5.74, 6) is 0. The number of hydrogen-bond acceptors (Lipinski definition) is 3. The fraction of sp³-hybridized carbons (Fsp3) is 0.150. The summed E-state index contributed by atoms with van der Waals surface area (Å²) >= 11 is 0. The van der Waals surface area contributed by atoms with Gasteiger partial charge in [0.2, 0.25) is 0 Å². The molecule has 1 aliphatic rings. The van der Waals surface area contributed by atoms with Crippen LogP contribution in [0.1, 0.15) is 11.9 Å². The highest BCUT2D eigenvalue weighted by atomic mass is 16.7. The number of aromatic nitrogens is 3. The molecule has 0 atom stereocenters. The summed E-state index contributed by atoms with van der Waals surface area (Å²) < 4.78 is 15.3. The van der Waals surface area contributed by atoms with Crippen molar-refractivity contribution >= 4 is 11.0 Å². The van der Waals surface area contributed by atoms with Crippen molar-refractivity contribution < 1.29 is 9.47 Å². The molecule has 2 aromatic carbocycles. The van der Waals surface area contributed by atoms with Crippen LogP contribution in [-0.4, -0.2) is 27.3 Å². The van der Waals surface area contributed by atoms with Gasteiger partial charge in [-0.05, 0) is 42.5 Å². The van der Waals surface area contributed by atoms with Crippen LogP contribution in [0.4, 0.5) is 0 Å². The van der Waals surface area contributed by atoms with Crippen molar-refractivity contribution in [1.29, 1.82) is 0 Å². The Morgan fingerprint density at radius 1 is 0.880 bits per heavy atom. The van der Waals surface area contributed by atoms with Crippen molar-refractivity contribution in [2.75, 3.05) is 13.2 Å². The highest BCUT2D eigenvalue weighted by Gasteiger charge is 2.19. The molecule has 3 heterocycles. The molecule has 0 radical (unpaired) electrons. The normalized spacial score (nSPS) is 15.2. The first-order valence-corrected chi connectivity index (χ1v) is 8.32. The van der Waals surface area contributed by atoms with Crippen molar-refractivity contribution in [3.63, 3.8) is 0 Å². The minimum Gasteiger partial charge on any atom is -0.346 e. The Labute approximate surface area is 145 Å². The van der Waals surface area contributed by atoms with Crippen molar-refractivity contribution in [2.24, 2.45) is 0 Å². The van der Waals surface area contributed by atoms with Crippen LogP contribution in [0.2, 0.25) is 0 Å². The quantitative estimate of drug-likeness (QED) is 0.572. The number of ether oxygens (including phenoxy) is 2. The molecule has 124 valence electrons. The summed E-state index contributed by atoms with van der Waals surface area (Å²) in [7, 11) is 0. The lowest BCUT2D eigenvalue weighted by atomic mass is 10.2. The monoisotopic (exact) mass is 331 g/mol. The molecule has 1 fully saturated rings. The molecule has 0 amide bonds. The van der Waals surface area contributed by atoms with Gasteiger partial charge in [0.25, 0.3) is 0 Å². The minimum atomic E-state index is -0.272. The maximum Gasteiger partial charge on any atom is 0.184 e. The third-order valence-corrected chi connectivity index (χ3v) is 4.48. The van der Waals surface area contributed by atoms with Crippen LogP contribution >= 0.6 is 0 Å². The van der Waals surface area contributed by atoms with E-state index in [0.717, 1.165) is 28.0 Å². The Bertz CT molecular complexity index is 1010. The molecular formula is C20H17N3O2. The maximum absolute atomic E-state index is 5.58. The third kappa shape index (κ3) is 2.54. The van der Waals surface area contributed by atoms with Gasteiger partial charge in [0.1, 0.15) is 6.33 Å². The summed E-state index contributed by atoms with van der Waals surface area (Å²) in [6.45, 7) is 1.28. The molecule has 0 spiro atoms. The lowest BCUT2D eigenvalue weighted by Gasteiger charge is -2.10. The molecular weight excluding hydrogens is 314 g/mol. The van der Waals surface area contributed by atoms with Gasteiger partial charge in [-0.2, -0.15) is 0 Å². The van der Waals surface area contributed by atoms with Crippen LogP contribution < -0.4 is 0 Å². The largest absolute Gasteiger partial charge is 0.346 e. The van der Waals surface area contributed by atoms with Crippen molar-refractivity contribution in [1.82, 2.24) is 14.1 Å². The minimum absolute atomic E-state index is 0.272. The maximum atomic E-state index is 5.58. The lowest BCUT2D eigenvalue weighted by Crippen LogP contribution is -1.98. The number of imidazole rings is 1. The van der Waals surface area contributed by atoms with E-state index >= 15 is 0 Å². The fourth-order valence-electron chi connectivity index (χ4n) is 3.24. The van der Waals surface area contributed by atoms with Gasteiger partial charge in [0.05, 0.1) is 24.2 Å². The molecule has 0 N–H and O–H groups in total. The Morgan fingerprint density at radius 2 is 1.68 bits per heavy atom. The Morgan fingerprint density at radius 3 is 2.52 bits per heavy atom. The molecule has 2 aromatic heterocycles. The highest BCUT2D eigenvalue weighted by molar-refractivity contribution is 5.78. The first kappa shape index (κ1) is 14.5. The summed E-state index contributed by atoms with van der Waals surface area (Å²) in [6.07, 6.45) is 5.67. The van der Waals surface area contributed by atoms with E-state index < -0.39 is 0 Å². The second-order valence-corrected chi connectivity index (χ2v) is 6.05. The summed E-state index contributed by atoms with van der Waals surface area (Å²) in [4.78, 5) is 4.56. The topological polar surface area (TPSA) is 41.2 Å². The molecule has 0 unspecified atom stereocenters. The van der Waals surface area contributed by atoms with E-state index in [-0.39, 0.29) is 6.29 Å². The van der Waals surface area contributed by atoms with E-state index in [1.165, 1.54) is 0 Å². The smallest absolute Gasteiger partial charge is 0.184 e. The van der Waals surface area contributed by atoms with Gasteiger partial charge in [-0.25, -0.2) is 4.98 Å². The average molecular weight is 331 g/mol. The predicted molar refractivity (Wildman–Crippen MR) is 95.0 cm³/mol. The fourth-order valence-corrected chi connectivity index (χ4v) is 3.24. The van der Waals surface area contributed by atoms with Crippen molar-refractivity contribution in [3.8, 4) is 11.4 Å². The standard InChI is InChI=1S/C20H17N3O2/c1-2-9-22(8-1)16-4-3-5-17(13-16)23-14-21-18-12-15(6-7-19(18)23)20-24-10-11-25-20/h1-9,12-14,20H,10-11H2. The lowest BCUT2D eigenvalue weighted by molar-refractivity contribution is -0.0440. The second kappa shape index (κ2) is 5.88. The number of hydrogen-bond donors (Lipinski definition) is 0. The third-order valence-electron chi connectivity index (χ3n) is 4.48. The van der Waals surface area contributed by atoms with Crippen LogP contribution in [-0.2, 0) is 9.47 Å². The zero-order valence-electron chi connectivity index (χ0n) is 13.6. The zero-order chi connectivity index (χ0) is 16.6. The van der Waals surface area contributed by atoms with E-state index in [0.29, 0.717) is 13.2 Å². The molecule has 1 saturated heterocycles. The molecule has 4 aromatic rings. The number of benzene rings is 2. The van der Waals surface area contributed by atoms with Gasteiger partial charge >= 0.3 is 0 Å². The summed E-state index contributed by atoms with van der Waals surface area (Å²) in [5.41, 5.74) is 5.20. The number of fused-ring (bicyclic) bond motifs is 1. The van der Waals surface area contributed by atoms with Crippen LogP contribution in [0.5, 0.6) is 0 Å².